The standard InChI is InChI=1S/C23H17FN2O2/c1-23(2)17(13-5-8-18-14(10-13)4-3-9-25-18)12-20(28-23)21-16-7-6-15(24)11-19(16)26-22(21)27/h3-12H,1-2H3,(H,26,27). The van der Waals surface area contributed by atoms with Gasteiger partial charge in [0.2, 0.25) is 0 Å². The monoisotopic (exact) mass is 372 g/mol. The number of fused-ring (bicyclic) bond motifs is 2. The van der Waals surface area contributed by atoms with Crippen LogP contribution in [0.1, 0.15) is 25.0 Å². The van der Waals surface area contributed by atoms with Gasteiger partial charge in [0.05, 0.1) is 16.8 Å². The first kappa shape index (κ1) is 16.7. The molecule has 3 aromatic rings. The van der Waals surface area contributed by atoms with Crippen molar-refractivity contribution in [2.75, 3.05) is 5.32 Å². The van der Waals surface area contributed by atoms with Crippen LogP contribution in [0.25, 0.3) is 22.0 Å². The van der Waals surface area contributed by atoms with Crippen LogP contribution in [0.3, 0.4) is 0 Å². The fourth-order valence-corrected chi connectivity index (χ4v) is 3.85. The zero-order chi connectivity index (χ0) is 19.5. The van der Waals surface area contributed by atoms with Crippen LogP contribution >= 0.6 is 0 Å². The number of carbonyl (C=O) groups excluding carboxylic acids is 1. The summed E-state index contributed by atoms with van der Waals surface area (Å²) in [6.07, 6.45) is 3.68. The Morgan fingerprint density at radius 2 is 1.96 bits per heavy atom. The summed E-state index contributed by atoms with van der Waals surface area (Å²) in [6.45, 7) is 3.94. The van der Waals surface area contributed by atoms with Gasteiger partial charge in [-0.15, -0.1) is 0 Å². The van der Waals surface area contributed by atoms with Gasteiger partial charge in [0.25, 0.3) is 5.91 Å². The summed E-state index contributed by atoms with van der Waals surface area (Å²) in [6, 6.07) is 14.3. The van der Waals surface area contributed by atoms with E-state index in [1.165, 1.54) is 12.1 Å². The topological polar surface area (TPSA) is 51.2 Å². The highest BCUT2D eigenvalue weighted by Gasteiger charge is 2.38. The molecular weight excluding hydrogens is 355 g/mol. The highest BCUT2D eigenvalue weighted by atomic mass is 19.1. The molecule has 0 saturated heterocycles. The molecule has 3 heterocycles. The number of pyridine rings is 1. The lowest BCUT2D eigenvalue weighted by molar-refractivity contribution is -0.111. The minimum Gasteiger partial charge on any atom is -0.482 e. The van der Waals surface area contributed by atoms with Crippen molar-refractivity contribution in [3.63, 3.8) is 0 Å². The van der Waals surface area contributed by atoms with Gasteiger partial charge in [-0.05, 0) is 61.9 Å². The number of carbonyl (C=O) groups is 1. The molecule has 0 saturated carbocycles. The number of hydrogen-bond acceptors (Lipinski definition) is 3. The Morgan fingerprint density at radius 1 is 1.11 bits per heavy atom. The fourth-order valence-electron chi connectivity index (χ4n) is 3.85. The van der Waals surface area contributed by atoms with E-state index in [2.05, 4.69) is 16.4 Å². The van der Waals surface area contributed by atoms with E-state index in [1.807, 2.05) is 44.2 Å². The molecule has 1 aromatic heterocycles. The lowest BCUT2D eigenvalue weighted by Gasteiger charge is -2.23. The van der Waals surface area contributed by atoms with Crippen molar-refractivity contribution in [3.05, 3.63) is 83.5 Å². The van der Waals surface area contributed by atoms with Crippen LogP contribution in [-0.2, 0) is 9.53 Å². The van der Waals surface area contributed by atoms with Crippen LogP contribution in [-0.4, -0.2) is 16.5 Å². The minimum atomic E-state index is -0.610. The summed E-state index contributed by atoms with van der Waals surface area (Å²) in [5.41, 5.74) is 3.85. The normalized spacial score (nSPS) is 20.0. The molecular formula is C23H17FN2O2. The molecule has 5 heteroatoms. The lowest BCUT2D eigenvalue weighted by atomic mass is 9.91. The van der Waals surface area contributed by atoms with E-state index in [0.29, 0.717) is 22.6 Å². The Hall–Kier alpha value is -3.47. The molecule has 28 heavy (non-hydrogen) atoms. The van der Waals surface area contributed by atoms with Gasteiger partial charge in [0, 0.05) is 22.7 Å². The van der Waals surface area contributed by atoms with Crippen LogP contribution in [0.5, 0.6) is 0 Å². The predicted molar refractivity (Wildman–Crippen MR) is 107 cm³/mol. The summed E-state index contributed by atoms with van der Waals surface area (Å²) in [5.74, 6) is -0.181. The van der Waals surface area contributed by atoms with Gasteiger partial charge < -0.3 is 10.1 Å². The number of nitrogens with zero attached hydrogens (tertiary/aromatic N) is 1. The van der Waals surface area contributed by atoms with E-state index in [-0.39, 0.29) is 11.7 Å². The zero-order valence-electron chi connectivity index (χ0n) is 15.4. The number of halogens is 1. The third-order valence-electron chi connectivity index (χ3n) is 5.18. The van der Waals surface area contributed by atoms with Crippen molar-refractivity contribution in [1.29, 1.82) is 0 Å². The smallest absolute Gasteiger partial charge is 0.260 e. The molecule has 2 aromatic carbocycles. The van der Waals surface area contributed by atoms with E-state index in [9.17, 15) is 9.18 Å². The summed E-state index contributed by atoms with van der Waals surface area (Å²) in [4.78, 5) is 16.9. The Morgan fingerprint density at radius 3 is 2.82 bits per heavy atom. The van der Waals surface area contributed by atoms with Gasteiger partial charge in [0.1, 0.15) is 17.2 Å². The number of aromatic nitrogens is 1. The number of rotatable bonds is 1. The molecule has 1 N–H and O–H groups in total. The van der Waals surface area contributed by atoms with Gasteiger partial charge in [0.15, 0.2) is 0 Å². The van der Waals surface area contributed by atoms with Crippen molar-refractivity contribution < 1.29 is 13.9 Å². The molecule has 0 atom stereocenters. The van der Waals surface area contributed by atoms with Crippen molar-refractivity contribution in [1.82, 2.24) is 4.98 Å². The third-order valence-corrected chi connectivity index (χ3v) is 5.18. The Balaban J connectivity index is 1.67. The number of anilines is 1. The van der Waals surface area contributed by atoms with Gasteiger partial charge in [-0.3, -0.25) is 9.78 Å². The van der Waals surface area contributed by atoms with Gasteiger partial charge in [-0.1, -0.05) is 12.1 Å². The molecule has 1 amide bonds. The van der Waals surface area contributed by atoms with Crippen LogP contribution in [0.2, 0.25) is 0 Å². The van der Waals surface area contributed by atoms with Crippen LogP contribution in [0, 0.1) is 5.82 Å². The van der Waals surface area contributed by atoms with Crippen molar-refractivity contribution in [2.45, 2.75) is 19.4 Å². The summed E-state index contributed by atoms with van der Waals surface area (Å²) in [5, 5.41) is 3.76. The maximum absolute atomic E-state index is 13.5. The quantitative estimate of drug-likeness (QED) is 0.616. The van der Waals surface area contributed by atoms with E-state index in [0.717, 1.165) is 22.0 Å². The summed E-state index contributed by atoms with van der Waals surface area (Å²) < 4.78 is 19.7. The molecule has 0 aliphatic carbocycles. The van der Waals surface area contributed by atoms with Crippen LogP contribution < -0.4 is 5.32 Å². The SMILES string of the molecule is CC1(C)OC(=C2C(=O)Nc3cc(F)ccc32)C=C1c1ccc2ncccc2c1. The minimum absolute atomic E-state index is 0.286. The number of ether oxygens (including phenoxy) is 1. The Kier molecular flexibility index (Phi) is 3.43. The van der Waals surface area contributed by atoms with Crippen LogP contribution in [0.4, 0.5) is 10.1 Å². The Bertz CT molecular complexity index is 1220. The molecule has 0 radical (unpaired) electrons. The number of nitrogens with one attached hydrogen (secondary N) is 1. The second kappa shape index (κ2) is 5.76. The third kappa shape index (κ3) is 2.51. The number of amides is 1. The number of allylic oxidation sites excluding steroid dienone is 1. The molecule has 4 nitrogen and oxygen atoms in total. The molecule has 2 aliphatic heterocycles. The highest BCUT2D eigenvalue weighted by molar-refractivity contribution is 6.32. The van der Waals surface area contributed by atoms with Crippen LogP contribution in [0.15, 0.2) is 66.6 Å². The predicted octanol–water partition coefficient (Wildman–Crippen LogP) is 4.93. The maximum Gasteiger partial charge on any atom is 0.260 e. The average Bonchev–Trinajstić information content (AvgIpc) is 3.15. The number of hydrogen-bond donors (Lipinski definition) is 1. The molecule has 2 aliphatic rings. The second-order valence-electron chi connectivity index (χ2n) is 7.46. The Labute approximate surface area is 161 Å². The molecule has 0 bridgehead atoms. The molecule has 0 spiro atoms. The summed E-state index contributed by atoms with van der Waals surface area (Å²) in [7, 11) is 0. The largest absolute Gasteiger partial charge is 0.482 e. The van der Waals surface area contributed by atoms with E-state index >= 15 is 0 Å². The van der Waals surface area contributed by atoms with Crippen molar-refractivity contribution >= 4 is 33.6 Å². The second-order valence-corrected chi connectivity index (χ2v) is 7.46. The van der Waals surface area contributed by atoms with Crippen molar-refractivity contribution in [2.24, 2.45) is 0 Å². The first-order valence-electron chi connectivity index (χ1n) is 9.04. The fraction of sp³-hybridized carbons (Fsp3) is 0.130. The molecule has 138 valence electrons. The van der Waals surface area contributed by atoms with Gasteiger partial charge in [-0.25, -0.2) is 4.39 Å². The lowest BCUT2D eigenvalue weighted by Crippen LogP contribution is -2.21. The maximum atomic E-state index is 13.5. The summed E-state index contributed by atoms with van der Waals surface area (Å²) >= 11 is 0. The molecule has 0 unspecified atom stereocenters. The van der Waals surface area contributed by atoms with Gasteiger partial charge in [-0.2, -0.15) is 0 Å². The average molecular weight is 372 g/mol. The first-order valence-corrected chi connectivity index (χ1v) is 9.04. The van der Waals surface area contributed by atoms with E-state index in [4.69, 9.17) is 4.74 Å². The molecule has 0 fully saturated rings. The van der Waals surface area contributed by atoms with E-state index < -0.39 is 5.60 Å². The highest BCUT2D eigenvalue weighted by Crippen LogP contribution is 2.44. The van der Waals surface area contributed by atoms with Crippen molar-refractivity contribution in [3.8, 4) is 0 Å². The van der Waals surface area contributed by atoms with Gasteiger partial charge >= 0.3 is 0 Å². The van der Waals surface area contributed by atoms with E-state index in [1.54, 1.807) is 12.3 Å². The molecule has 5 rings (SSSR count). The number of benzene rings is 2. The first-order chi connectivity index (χ1) is 13.4. The zero-order valence-corrected chi connectivity index (χ0v) is 15.4.